The summed E-state index contributed by atoms with van der Waals surface area (Å²) in [7, 11) is 1.60. The van der Waals surface area contributed by atoms with Crippen molar-refractivity contribution in [2.75, 3.05) is 39.8 Å². The summed E-state index contributed by atoms with van der Waals surface area (Å²) in [5, 5.41) is 5.87. The first-order valence-corrected chi connectivity index (χ1v) is 6.03. The molecular formula is C12H19N3O2. The lowest BCUT2D eigenvalue weighted by Gasteiger charge is -2.26. The second kappa shape index (κ2) is 5.84. The zero-order valence-corrected chi connectivity index (χ0v) is 10.2. The maximum atomic E-state index is 11.3. The second-order valence-corrected chi connectivity index (χ2v) is 4.19. The van der Waals surface area contributed by atoms with Gasteiger partial charge in [-0.1, -0.05) is 0 Å². The van der Waals surface area contributed by atoms with Gasteiger partial charge in [-0.25, -0.2) is 0 Å². The van der Waals surface area contributed by atoms with Crippen molar-refractivity contribution in [3.63, 3.8) is 0 Å². The summed E-state index contributed by atoms with van der Waals surface area (Å²) in [5.41, 5.74) is 0. The molecule has 17 heavy (non-hydrogen) atoms. The molecule has 2 N–H and O–H groups in total. The van der Waals surface area contributed by atoms with Gasteiger partial charge in [0.25, 0.3) is 5.91 Å². The van der Waals surface area contributed by atoms with E-state index >= 15 is 0 Å². The minimum absolute atomic E-state index is 0.168. The number of carbonyl (C=O) groups excluding carboxylic acids is 1. The minimum Gasteiger partial charge on any atom is -0.456 e. The summed E-state index contributed by atoms with van der Waals surface area (Å²) in [6, 6.07) is 3.61. The number of piperazine rings is 1. The standard InChI is InChI=1S/C12H19N3O2/c1-13-12(16)11-3-2-10(17-11)4-7-15-8-5-14-6-9-15/h2-3,14H,4-9H2,1H3,(H,13,16). The molecule has 0 aliphatic carbocycles. The normalized spacial score (nSPS) is 17.0. The lowest BCUT2D eigenvalue weighted by atomic mass is 10.3. The molecule has 5 nitrogen and oxygen atoms in total. The average Bonchev–Trinajstić information content (AvgIpc) is 2.85. The third kappa shape index (κ3) is 3.31. The van der Waals surface area contributed by atoms with E-state index < -0.39 is 0 Å². The van der Waals surface area contributed by atoms with E-state index in [0.29, 0.717) is 5.76 Å². The Morgan fingerprint density at radius 2 is 2.24 bits per heavy atom. The van der Waals surface area contributed by atoms with Crippen LogP contribution in [0, 0.1) is 0 Å². The Hall–Kier alpha value is -1.33. The summed E-state index contributed by atoms with van der Waals surface area (Å²) in [6.07, 6.45) is 0.858. The van der Waals surface area contributed by atoms with Crippen LogP contribution in [-0.2, 0) is 6.42 Å². The number of rotatable bonds is 4. The number of hydrogen-bond acceptors (Lipinski definition) is 4. The summed E-state index contributed by atoms with van der Waals surface area (Å²) < 4.78 is 5.47. The Morgan fingerprint density at radius 1 is 1.47 bits per heavy atom. The molecule has 1 aliphatic heterocycles. The van der Waals surface area contributed by atoms with Crippen molar-refractivity contribution in [3.05, 3.63) is 23.7 Å². The highest BCUT2D eigenvalue weighted by atomic mass is 16.3. The smallest absolute Gasteiger partial charge is 0.286 e. The summed E-state index contributed by atoms with van der Waals surface area (Å²) in [5.74, 6) is 1.10. The molecule has 1 aliphatic rings. The van der Waals surface area contributed by atoms with Crippen molar-refractivity contribution in [1.29, 1.82) is 0 Å². The monoisotopic (exact) mass is 237 g/mol. The Morgan fingerprint density at radius 3 is 2.94 bits per heavy atom. The van der Waals surface area contributed by atoms with E-state index in [1.54, 1.807) is 13.1 Å². The van der Waals surface area contributed by atoms with Gasteiger partial charge in [0, 0.05) is 46.2 Å². The quantitative estimate of drug-likeness (QED) is 0.779. The van der Waals surface area contributed by atoms with Gasteiger partial charge in [0.1, 0.15) is 5.76 Å². The van der Waals surface area contributed by atoms with Crippen molar-refractivity contribution >= 4 is 5.91 Å². The highest BCUT2D eigenvalue weighted by Crippen LogP contribution is 2.09. The molecule has 0 aromatic carbocycles. The molecule has 2 rings (SSSR count). The van der Waals surface area contributed by atoms with E-state index in [4.69, 9.17) is 4.42 Å². The van der Waals surface area contributed by atoms with E-state index in [-0.39, 0.29) is 5.91 Å². The number of hydrogen-bond donors (Lipinski definition) is 2. The molecule has 94 valence electrons. The van der Waals surface area contributed by atoms with Gasteiger partial charge in [0.2, 0.25) is 0 Å². The van der Waals surface area contributed by atoms with Gasteiger partial charge in [0.05, 0.1) is 0 Å². The van der Waals surface area contributed by atoms with Gasteiger partial charge in [-0.05, 0) is 12.1 Å². The van der Waals surface area contributed by atoms with Crippen molar-refractivity contribution in [2.24, 2.45) is 0 Å². The number of furan rings is 1. The molecule has 1 aromatic rings. The second-order valence-electron chi connectivity index (χ2n) is 4.19. The minimum atomic E-state index is -0.168. The summed E-state index contributed by atoms with van der Waals surface area (Å²) in [4.78, 5) is 13.7. The van der Waals surface area contributed by atoms with Crippen LogP contribution in [0.1, 0.15) is 16.3 Å². The molecule has 0 bridgehead atoms. The largest absolute Gasteiger partial charge is 0.456 e. The molecule has 0 spiro atoms. The molecule has 5 heteroatoms. The zero-order valence-electron chi connectivity index (χ0n) is 10.2. The maximum absolute atomic E-state index is 11.3. The fraction of sp³-hybridized carbons (Fsp3) is 0.583. The first-order valence-electron chi connectivity index (χ1n) is 6.03. The van der Waals surface area contributed by atoms with Crippen molar-refractivity contribution < 1.29 is 9.21 Å². The first-order chi connectivity index (χ1) is 8.29. The number of nitrogens with one attached hydrogen (secondary N) is 2. The van der Waals surface area contributed by atoms with E-state index in [0.717, 1.165) is 44.9 Å². The molecule has 1 fully saturated rings. The molecule has 0 atom stereocenters. The highest BCUT2D eigenvalue weighted by Gasteiger charge is 2.12. The Bertz CT molecular complexity index is 370. The van der Waals surface area contributed by atoms with Crippen LogP contribution >= 0.6 is 0 Å². The lowest BCUT2D eigenvalue weighted by molar-refractivity contribution is 0.0933. The SMILES string of the molecule is CNC(=O)c1ccc(CCN2CCNCC2)o1. The molecule has 0 radical (unpaired) electrons. The molecular weight excluding hydrogens is 218 g/mol. The van der Waals surface area contributed by atoms with Crippen molar-refractivity contribution in [3.8, 4) is 0 Å². The van der Waals surface area contributed by atoms with Crippen LogP contribution in [0.2, 0.25) is 0 Å². The van der Waals surface area contributed by atoms with Gasteiger partial charge in [-0.3, -0.25) is 4.79 Å². The predicted molar refractivity (Wildman–Crippen MR) is 65.1 cm³/mol. The van der Waals surface area contributed by atoms with Gasteiger partial charge < -0.3 is 20.0 Å². The van der Waals surface area contributed by atoms with Crippen LogP contribution in [0.4, 0.5) is 0 Å². The first kappa shape index (κ1) is 12.1. The van der Waals surface area contributed by atoms with E-state index in [9.17, 15) is 4.79 Å². The van der Waals surface area contributed by atoms with Crippen LogP contribution in [0.3, 0.4) is 0 Å². The topological polar surface area (TPSA) is 57.5 Å². The van der Waals surface area contributed by atoms with Crippen molar-refractivity contribution in [1.82, 2.24) is 15.5 Å². The Kier molecular flexibility index (Phi) is 4.17. The number of amides is 1. The summed E-state index contributed by atoms with van der Waals surface area (Å²) >= 11 is 0. The Balaban J connectivity index is 1.82. The molecule has 1 aromatic heterocycles. The van der Waals surface area contributed by atoms with Crippen LogP contribution in [0.25, 0.3) is 0 Å². The Labute approximate surface area is 101 Å². The van der Waals surface area contributed by atoms with Gasteiger partial charge in [0.15, 0.2) is 5.76 Å². The number of carbonyl (C=O) groups is 1. The van der Waals surface area contributed by atoms with Crippen LogP contribution in [-0.4, -0.2) is 50.6 Å². The molecule has 1 saturated heterocycles. The molecule has 0 saturated carbocycles. The fourth-order valence-electron chi connectivity index (χ4n) is 1.96. The fourth-order valence-corrected chi connectivity index (χ4v) is 1.96. The van der Waals surface area contributed by atoms with Gasteiger partial charge >= 0.3 is 0 Å². The maximum Gasteiger partial charge on any atom is 0.286 e. The molecule has 0 unspecified atom stereocenters. The van der Waals surface area contributed by atoms with E-state index in [1.807, 2.05) is 6.07 Å². The summed E-state index contributed by atoms with van der Waals surface area (Å²) in [6.45, 7) is 5.28. The third-order valence-corrected chi connectivity index (χ3v) is 3.00. The van der Waals surface area contributed by atoms with Crippen molar-refractivity contribution in [2.45, 2.75) is 6.42 Å². The highest BCUT2D eigenvalue weighted by molar-refractivity contribution is 5.91. The lowest BCUT2D eigenvalue weighted by Crippen LogP contribution is -2.44. The van der Waals surface area contributed by atoms with Crippen LogP contribution in [0.5, 0.6) is 0 Å². The molecule has 2 heterocycles. The molecule has 1 amide bonds. The van der Waals surface area contributed by atoms with E-state index in [2.05, 4.69) is 15.5 Å². The number of nitrogens with zero attached hydrogens (tertiary/aromatic N) is 1. The average molecular weight is 237 g/mol. The van der Waals surface area contributed by atoms with Gasteiger partial charge in [-0.15, -0.1) is 0 Å². The predicted octanol–water partition coefficient (Wildman–Crippen LogP) is 0.0869. The van der Waals surface area contributed by atoms with E-state index in [1.165, 1.54) is 0 Å². The zero-order chi connectivity index (χ0) is 12.1. The third-order valence-electron chi connectivity index (χ3n) is 3.00. The van der Waals surface area contributed by atoms with Crippen LogP contribution < -0.4 is 10.6 Å². The van der Waals surface area contributed by atoms with Crippen LogP contribution in [0.15, 0.2) is 16.5 Å². The van der Waals surface area contributed by atoms with Gasteiger partial charge in [-0.2, -0.15) is 0 Å².